The summed E-state index contributed by atoms with van der Waals surface area (Å²) in [6.07, 6.45) is 0.107. The average molecular weight is 364 g/mol. The summed E-state index contributed by atoms with van der Waals surface area (Å²) in [5.74, 6) is -0.464. The Morgan fingerprint density at radius 2 is 2.04 bits per heavy atom. The Hall–Kier alpha value is -2.83. The predicted molar refractivity (Wildman–Crippen MR) is 101 cm³/mol. The molecule has 0 saturated heterocycles. The molecule has 1 unspecified atom stereocenters. The summed E-state index contributed by atoms with van der Waals surface area (Å²) in [5.41, 5.74) is 0.929. The lowest BCUT2D eigenvalue weighted by Gasteiger charge is -2.27. The van der Waals surface area contributed by atoms with E-state index in [9.17, 15) is 19.8 Å². The van der Waals surface area contributed by atoms with Gasteiger partial charge in [0.15, 0.2) is 5.78 Å². The quantitative estimate of drug-likeness (QED) is 0.579. The Labute approximate surface area is 155 Å². The Morgan fingerprint density at radius 3 is 2.70 bits per heavy atom. The lowest BCUT2D eigenvalue weighted by atomic mass is 9.84. The van der Waals surface area contributed by atoms with Crippen LogP contribution in [0.5, 0.6) is 0 Å². The van der Waals surface area contributed by atoms with Crippen LogP contribution in [0.25, 0.3) is 22.3 Å². The van der Waals surface area contributed by atoms with E-state index < -0.39 is 23.6 Å². The second kappa shape index (κ2) is 6.11. The number of benzene rings is 1. The van der Waals surface area contributed by atoms with Gasteiger partial charge in [0.1, 0.15) is 5.60 Å². The van der Waals surface area contributed by atoms with Crippen molar-refractivity contribution in [3.63, 3.8) is 0 Å². The predicted octanol–water partition coefficient (Wildman–Crippen LogP) is 2.10. The molecule has 1 aromatic carbocycles. The lowest BCUT2D eigenvalue weighted by Crippen LogP contribution is -2.38. The van der Waals surface area contributed by atoms with Gasteiger partial charge in [-0.05, 0) is 31.5 Å². The number of Topliss-reactive ketones (excluding diaryl/α,β-unsaturated/α-hetero) is 1. The maximum atomic E-state index is 13.0. The molecule has 1 atom stereocenters. The van der Waals surface area contributed by atoms with Gasteiger partial charge in [0.25, 0.3) is 5.56 Å². The molecule has 0 aliphatic carbocycles. The van der Waals surface area contributed by atoms with E-state index in [2.05, 4.69) is 0 Å². The molecule has 0 bridgehead atoms. The van der Waals surface area contributed by atoms with Gasteiger partial charge in [0, 0.05) is 22.1 Å². The highest BCUT2D eigenvalue weighted by Gasteiger charge is 2.38. The van der Waals surface area contributed by atoms with E-state index in [0.717, 1.165) is 16.5 Å². The minimum atomic E-state index is -1.81. The van der Waals surface area contributed by atoms with Gasteiger partial charge < -0.3 is 14.8 Å². The van der Waals surface area contributed by atoms with E-state index in [-0.39, 0.29) is 17.5 Å². The number of rotatable bonds is 4. The molecule has 138 valence electrons. The van der Waals surface area contributed by atoms with Crippen molar-refractivity contribution in [3.8, 4) is 11.4 Å². The Morgan fingerprint density at radius 1 is 1.30 bits per heavy atom. The van der Waals surface area contributed by atoms with Gasteiger partial charge in [0.2, 0.25) is 0 Å². The molecule has 0 spiro atoms. The van der Waals surface area contributed by atoms with Crippen LogP contribution >= 0.6 is 0 Å². The number of carbonyl (C=O) groups is 1. The van der Waals surface area contributed by atoms with Crippen LogP contribution in [0.3, 0.4) is 0 Å². The van der Waals surface area contributed by atoms with Gasteiger partial charge in [-0.15, -0.1) is 0 Å². The normalized spacial score (nSPS) is 14.7. The number of fused-ring (bicyclic) bond motifs is 4. The Bertz CT molecular complexity index is 1150. The maximum Gasteiger partial charge on any atom is 0.257 e. The highest BCUT2D eigenvalue weighted by molar-refractivity contribution is 5.88. The molecular formula is C21H20N2O4. The summed E-state index contributed by atoms with van der Waals surface area (Å²) in [6, 6.07) is 11.3. The number of pyridine rings is 2. The number of ketones is 1. The zero-order valence-corrected chi connectivity index (χ0v) is 15.2. The zero-order valence-electron chi connectivity index (χ0n) is 15.2. The first kappa shape index (κ1) is 17.6. The molecule has 1 aliphatic heterocycles. The number of hydrogen-bond acceptors (Lipinski definition) is 5. The van der Waals surface area contributed by atoms with Crippen molar-refractivity contribution in [2.45, 2.75) is 39.0 Å². The van der Waals surface area contributed by atoms with Crippen molar-refractivity contribution in [3.05, 3.63) is 63.4 Å². The van der Waals surface area contributed by atoms with Crippen molar-refractivity contribution in [2.75, 3.05) is 0 Å². The molecule has 6 nitrogen and oxygen atoms in total. The summed E-state index contributed by atoms with van der Waals surface area (Å²) >= 11 is 0. The summed E-state index contributed by atoms with van der Waals surface area (Å²) < 4.78 is 1.54. The fraction of sp³-hybridized carbons (Fsp3) is 0.286. The van der Waals surface area contributed by atoms with Crippen molar-refractivity contribution in [2.24, 2.45) is 0 Å². The number of aliphatic hydroxyl groups excluding tert-OH is 1. The number of carbonyl (C=O) groups excluding carboxylic acids is 1. The fourth-order valence-corrected chi connectivity index (χ4v) is 3.87. The molecule has 0 radical (unpaired) electrons. The van der Waals surface area contributed by atoms with Gasteiger partial charge in [-0.25, -0.2) is 4.98 Å². The number of aromatic nitrogens is 2. The van der Waals surface area contributed by atoms with Crippen LogP contribution < -0.4 is 5.56 Å². The highest BCUT2D eigenvalue weighted by atomic mass is 16.3. The zero-order chi connectivity index (χ0) is 19.3. The first-order valence-electron chi connectivity index (χ1n) is 8.91. The number of hydrogen-bond donors (Lipinski definition) is 2. The molecule has 3 aromatic rings. The van der Waals surface area contributed by atoms with E-state index in [1.54, 1.807) is 17.6 Å². The molecule has 6 heteroatoms. The lowest BCUT2D eigenvalue weighted by molar-refractivity contribution is -0.136. The largest absolute Gasteiger partial charge is 0.391 e. The molecule has 27 heavy (non-hydrogen) atoms. The highest BCUT2D eigenvalue weighted by Crippen LogP contribution is 2.36. The van der Waals surface area contributed by atoms with Gasteiger partial charge in [-0.2, -0.15) is 0 Å². The van der Waals surface area contributed by atoms with Gasteiger partial charge in [-0.3, -0.25) is 9.59 Å². The van der Waals surface area contributed by atoms with Crippen LogP contribution in [0.15, 0.2) is 41.2 Å². The van der Waals surface area contributed by atoms with E-state index in [0.29, 0.717) is 17.9 Å². The van der Waals surface area contributed by atoms with Gasteiger partial charge >= 0.3 is 0 Å². The SMILES string of the molecule is CCC(O)(C(C)=O)c1cc2n(c(=O)c1CO)Cc1cc3ccccc3nc1-2. The van der Waals surface area contributed by atoms with E-state index in [1.165, 1.54) is 6.92 Å². The monoisotopic (exact) mass is 364 g/mol. The second-order valence-electron chi connectivity index (χ2n) is 6.93. The van der Waals surface area contributed by atoms with E-state index in [4.69, 9.17) is 4.98 Å². The second-order valence-corrected chi connectivity index (χ2v) is 6.93. The number of para-hydroxylation sites is 1. The van der Waals surface area contributed by atoms with Crippen LogP contribution in [-0.2, 0) is 23.5 Å². The Balaban J connectivity index is 2.03. The molecule has 3 heterocycles. The first-order chi connectivity index (χ1) is 12.9. The third-order valence-electron chi connectivity index (χ3n) is 5.47. The third kappa shape index (κ3) is 2.44. The molecule has 0 amide bonds. The van der Waals surface area contributed by atoms with Crippen LogP contribution in [0.4, 0.5) is 0 Å². The molecule has 0 saturated carbocycles. The van der Waals surface area contributed by atoms with Crippen LogP contribution in [-0.4, -0.2) is 25.5 Å². The summed E-state index contributed by atoms with van der Waals surface area (Å²) in [5, 5.41) is 21.7. The van der Waals surface area contributed by atoms with E-state index in [1.807, 2.05) is 30.3 Å². The van der Waals surface area contributed by atoms with Crippen molar-refractivity contribution in [1.82, 2.24) is 9.55 Å². The van der Waals surface area contributed by atoms with Crippen molar-refractivity contribution < 1.29 is 15.0 Å². The summed E-state index contributed by atoms with van der Waals surface area (Å²) in [7, 11) is 0. The summed E-state index contributed by atoms with van der Waals surface area (Å²) in [4.78, 5) is 29.9. The van der Waals surface area contributed by atoms with Crippen LogP contribution in [0.1, 0.15) is 37.0 Å². The topological polar surface area (TPSA) is 92.4 Å². The smallest absolute Gasteiger partial charge is 0.257 e. The van der Waals surface area contributed by atoms with Gasteiger partial charge in [-0.1, -0.05) is 25.1 Å². The average Bonchev–Trinajstić information content (AvgIpc) is 3.03. The maximum absolute atomic E-state index is 13.0. The Kier molecular flexibility index (Phi) is 3.98. The molecule has 1 aliphatic rings. The minimum absolute atomic E-state index is 0.0515. The molecule has 2 N–H and O–H groups in total. The van der Waals surface area contributed by atoms with Crippen molar-refractivity contribution in [1.29, 1.82) is 0 Å². The summed E-state index contributed by atoms with van der Waals surface area (Å²) in [6.45, 7) is 2.76. The van der Waals surface area contributed by atoms with Crippen molar-refractivity contribution >= 4 is 16.7 Å². The fourth-order valence-electron chi connectivity index (χ4n) is 3.87. The van der Waals surface area contributed by atoms with Crippen LogP contribution in [0, 0.1) is 0 Å². The standard InChI is InChI=1S/C21H20N2O4/c1-3-21(27,12(2)25)16-9-18-19-14(10-23(18)20(26)15(16)11-24)8-13-6-4-5-7-17(13)22-19/h4-9,24,27H,3,10-11H2,1-2H3. The molecule has 2 aromatic heterocycles. The third-order valence-corrected chi connectivity index (χ3v) is 5.47. The van der Waals surface area contributed by atoms with Crippen LogP contribution in [0.2, 0.25) is 0 Å². The van der Waals surface area contributed by atoms with Gasteiger partial charge in [0.05, 0.1) is 30.1 Å². The first-order valence-corrected chi connectivity index (χ1v) is 8.91. The molecule has 4 rings (SSSR count). The molecule has 0 fully saturated rings. The molecular weight excluding hydrogens is 344 g/mol. The number of aliphatic hydroxyl groups is 2. The van der Waals surface area contributed by atoms with E-state index >= 15 is 0 Å². The minimum Gasteiger partial charge on any atom is -0.391 e. The number of nitrogens with zero attached hydrogens (tertiary/aromatic N) is 2.